The Labute approximate surface area is 326 Å². The third-order valence-electron chi connectivity index (χ3n) is 10.5. The Morgan fingerprint density at radius 3 is 2.02 bits per heavy atom. The summed E-state index contributed by atoms with van der Waals surface area (Å²) < 4.78 is 8.81. The molecule has 0 N–H and O–H groups in total. The highest BCUT2D eigenvalue weighted by Gasteiger charge is 2.23. The molecular weight excluding hydrogens is 707 g/mol. The fourth-order valence-electron chi connectivity index (χ4n) is 7.71. The maximum Gasteiger partial charge on any atom is 0.164 e. The van der Waals surface area contributed by atoms with Crippen molar-refractivity contribution < 1.29 is 4.42 Å². The predicted molar refractivity (Wildman–Crippen MR) is 228 cm³/mol. The Bertz CT molecular complexity index is 3180. The first-order chi connectivity index (χ1) is 27.7. The topological polar surface area (TPSA) is 77.6 Å². The van der Waals surface area contributed by atoms with Crippen LogP contribution in [0.3, 0.4) is 0 Å². The largest absolute Gasteiger partial charge is 0.456 e. The van der Waals surface area contributed by atoms with Crippen LogP contribution in [0.1, 0.15) is 18.2 Å². The van der Waals surface area contributed by atoms with Crippen LogP contribution in [0.5, 0.6) is 0 Å². The maximum absolute atomic E-state index is 6.55. The number of hydrogen-bond acceptors (Lipinski definition) is 7. The van der Waals surface area contributed by atoms with Gasteiger partial charge in [0, 0.05) is 49.0 Å². The number of thiophene rings is 1. The molecule has 11 rings (SSSR count). The second-order valence-corrected chi connectivity index (χ2v) is 15.0. The van der Waals surface area contributed by atoms with Crippen LogP contribution < -0.4 is 0 Å². The van der Waals surface area contributed by atoms with Gasteiger partial charge in [0.2, 0.25) is 0 Å². The molecule has 10 aromatic rings. The molecular formula is C49H31N5OS. The van der Waals surface area contributed by atoms with Crippen molar-refractivity contribution >= 4 is 53.6 Å². The molecule has 4 aromatic heterocycles. The van der Waals surface area contributed by atoms with Crippen molar-refractivity contribution in [1.82, 2.24) is 24.9 Å². The number of allylic oxidation sites excluding steroid dienone is 4. The van der Waals surface area contributed by atoms with E-state index in [2.05, 4.69) is 115 Å². The summed E-state index contributed by atoms with van der Waals surface area (Å²) in [6, 6.07) is 49.8. The molecule has 0 aliphatic heterocycles. The van der Waals surface area contributed by atoms with Gasteiger partial charge in [-0.15, -0.1) is 11.3 Å². The lowest BCUT2D eigenvalue weighted by Crippen LogP contribution is -2.04. The van der Waals surface area contributed by atoms with E-state index in [1.54, 1.807) is 11.3 Å². The molecule has 0 spiro atoms. The van der Waals surface area contributed by atoms with Crippen LogP contribution in [0.4, 0.5) is 0 Å². The number of fused-ring (bicyclic) bond motifs is 6. The van der Waals surface area contributed by atoms with Gasteiger partial charge < -0.3 is 4.42 Å². The smallest absolute Gasteiger partial charge is 0.164 e. The lowest BCUT2D eigenvalue weighted by atomic mass is 9.98. The molecule has 6 aromatic carbocycles. The van der Waals surface area contributed by atoms with Crippen molar-refractivity contribution in [3.8, 4) is 56.5 Å². The van der Waals surface area contributed by atoms with E-state index < -0.39 is 0 Å². The molecule has 1 unspecified atom stereocenters. The van der Waals surface area contributed by atoms with Crippen LogP contribution in [0.25, 0.3) is 98.8 Å². The van der Waals surface area contributed by atoms with Crippen molar-refractivity contribution in [2.45, 2.75) is 12.3 Å². The zero-order valence-corrected chi connectivity index (χ0v) is 30.8. The number of hydrogen-bond donors (Lipinski definition) is 0. The fourth-order valence-corrected chi connectivity index (χ4v) is 8.86. The van der Waals surface area contributed by atoms with E-state index in [9.17, 15) is 0 Å². The second kappa shape index (κ2) is 13.3. The lowest BCUT2D eigenvalue weighted by molar-refractivity contribution is 0.669. The number of benzene rings is 6. The summed E-state index contributed by atoms with van der Waals surface area (Å²) in [4.78, 5) is 25.8. The molecule has 0 fully saturated rings. The predicted octanol–water partition coefficient (Wildman–Crippen LogP) is 12.9. The molecule has 1 atom stereocenters. The van der Waals surface area contributed by atoms with Gasteiger partial charge in [0.25, 0.3) is 0 Å². The number of rotatable bonds is 6. The SMILES string of the molecule is C1=CCC(c2nc(-c3cccc4oc5ccc(-c6nc(-c7ccccc7)nc(-c7cccc(-c8ccccc8)c7)n6)cc5c34)c3sc4ccccc4c3n2)C=C1. The van der Waals surface area contributed by atoms with Gasteiger partial charge in [-0.25, -0.2) is 24.9 Å². The molecule has 0 bridgehead atoms. The highest BCUT2D eigenvalue weighted by molar-refractivity contribution is 7.26. The normalized spacial score (nSPS) is 14.0. The summed E-state index contributed by atoms with van der Waals surface area (Å²) in [6.45, 7) is 0. The first-order valence-corrected chi connectivity index (χ1v) is 19.5. The molecule has 0 saturated heterocycles. The van der Waals surface area contributed by atoms with Crippen LogP contribution in [-0.2, 0) is 0 Å². The summed E-state index contributed by atoms with van der Waals surface area (Å²) in [5.74, 6) is 2.72. The van der Waals surface area contributed by atoms with Crippen molar-refractivity contribution in [1.29, 1.82) is 0 Å². The minimum absolute atomic E-state index is 0.0962. The van der Waals surface area contributed by atoms with E-state index in [4.69, 9.17) is 29.3 Å². The first kappa shape index (κ1) is 32.3. The van der Waals surface area contributed by atoms with E-state index in [0.717, 1.165) is 88.9 Å². The van der Waals surface area contributed by atoms with Crippen LogP contribution in [0.15, 0.2) is 174 Å². The molecule has 264 valence electrons. The van der Waals surface area contributed by atoms with E-state index in [0.29, 0.717) is 17.5 Å². The van der Waals surface area contributed by atoms with Crippen LogP contribution in [-0.4, -0.2) is 24.9 Å². The average Bonchev–Trinajstić information content (AvgIpc) is 3.85. The highest BCUT2D eigenvalue weighted by Crippen LogP contribution is 2.44. The average molecular weight is 738 g/mol. The lowest BCUT2D eigenvalue weighted by Gasteiger charge is -2.14. The Hall–Kier alpha value is -7.09. The molecule has 0 amide bonds. The van der Waals surface area contributed by atoms with E-state index >= 15 is 0 Å². The summed E-state index contributed by atoms with van der Waals surface area (Å²) >= 11 is 1.74. The zero-order chi connectivity index (χ0) is 37.0. The molecule has 4 heterocycles. The Morgan fingerprint density at radius 2 is 1.21 bits per heavy atom. The fraction of sp³-hybridized carbons (Fsp3) is 0.0408. The van der Waals surface area contributed by atoms with Crippen LogP contribution in [0.2, 0.25) is 0 Å². The van der Waals surface area contributed by atoms with E-state index in [1.807, 2.05) is 54.6 Å². The van der Waals surface area contributed by atoms with Gasteiger partial charge in [-0.1, -0.05) is 133 Å². The minimum atomic E-state index is 0.0962. The highest BCUT2D eigenvalue weighted by atomic mass is 32.1. The Balaban J connectivity index is 1.11. The second-order valence-electron chi connectivity index (χ2n) is 14.0. The van der Waals surface area contributed by atoms with Crippen molar-refractivity contribution in [3.63, 3.8) is 0 Å². The summed E-state index contributed by atoms with van der Waals surface area (Å²) in [7, 11) is 0. The van der Waals surface area contributed by atoms with Crippen LogP contribution >= 0.6 is 11.3 Å². The minimum Gasteiger partial charge on any atom is -0.456 e. The van der Waals surface area contributed by atoms with E-state index in [-0.39, 0.29) is 5.92 Å². The van der Waals surface area contributed by atoms with Gasteiger partial charge in [0.15, 0.2) is 17.5 Å². The van der Waals surface area contributed by atoms with E-state index in [1.165, 1.54) is 4.70 Å². The maximum atomic E-state index is 6.55. The zero-order valence-electron chi connectivity index (χ0n) is 30.0. The number of aromatic nitrogens is 5. The third-order valence-corrected chi connectivity index (χ3v) is 11.6. The monoisotopic (exact) mass is 737 g/mol. The number of furan rings is 1. The molecule has 0 saturated carbocycles. The van der Waals surface area contributed by atoms with Crippen molar-refractivity contribution in [2.24, 2.45) is 0 Å². The van der Waals surface area contributed by atoms with Gasteiger partial charge in [0.1, 0.15) is 17.0 Å². The molecule has 7 heteroatoms. The molecule has 1 aliphatic carbocycles. The standard InChI is InChI=1S/C49H31N5OS/c1-4-14-30(15-5-1)33-20-12-21-34(28-33)48-52-47(32-18-8-3-9-19-32)53-49(54-48)35-26-27-39-38(29-35)42-37(23-13-24-40(42)55-39)44-45-43(36-22-10-11-25-41(36)56-45)50-46(51-44)31-16-6-2-7-17-31/h1-16,18-29,31H,17H2. The van der Waals surface area contributed by atoms with Gasteiger partial charge in [-0.2, -0.15) is 0 Å². The quantitative estimate of drug-likeness (QED) is 0.169. The Kier molecular flexibility index (Phi) is 7.70. The van der Waals surface area contributed by atoms with Gasteiger partial charge in [-0.3, -0.25) is 0 Å². The molecule has 6 nitrogen and oxygen atoms in total. The van der Waals surface area contributed by atoms with Crippen molar-refractivity contribution in [3.05, 3.63) is 176 Å². The van der Waals surface area contributed by atoms with Crippen molar-refractivity contribution in [2.75, 3.05) is 0 Å². The number of nitrogens with zero attached hydrogens (tertiary/aromatic N) is 5. The molecule has 1 aliphatic rings. The summed E-state index contributed by atoms with van der Waals surface area (Å²) in [6.07, 6.45) is 9.43. The molecule has 56 heavy (non-hydrogen) atoms. The summed E-state index contributed by atoms with van der Waals surface area (Å²) in [5, 5.41) is 3.12. The first-order valence-electron chi connectivity index (χ1n) is 18.7. The summed E-state index contributed by atoms with van der Waals surface area (Å²) in [5.41, 5.74) is 9.43. The molecule has 0 radical (unpaired) electrons. The van der Waals surface area contributed by atoms with Crippen LogP contribution in [0, 0.1) is 0 Å². The van der Waals surface area contributed by atoms with Gasteiger partial charge in [-0.05, 0) is 53.9 Å². The third kappa shape index (κ3) is 5.60. The van der Waals surface area contributed by atoms with Gasteiger partial charge in [0.05, 0.1) is 15.9 Å². The van der Waals surface area contributed by atoms with Gasteiger partial charge >= 0.3 is 0 Å². The Morgan fingerprint density at radius 1 is 0.518 bits per heavy atom.